The predicted octanol–water partition coefficient (Wildman–Crippen LogP) is 1.11. The Hall–Kier alpha value is -1.55. The van der Waals surface area contributed by atoms with E-state index in [1.165, 1.54) is 11.1 Å². The third-order valence-corrected chi connectivity index (χ3v) is 3.24. The maximum Gasteiger partial charge on any atom is 0.218 e. The number of rotatable bonds is 4. The normalized spacial score (nSPS) is 19.9. The van der Waals surface area contributed by atoms with Crippen molar-refractivity contribution in [3.63, 3.8) is 0 Å². The van der Waals surface area contributed by atoms with Crippen molar-refractivity contribution >= 4 is 11.6 Å². The van der Waals surface area contributed by atoms with Crippen LogP contribution in [-0.2, 0) is 11.2 Å². The van der Waals surface area contributed by atoms with Gasteiger partial charge in [-0.15, -0.1) is 0 Å². The van der Waals surface area contributed by atoms with E-state index in [9.17, 15) is 4.79 Å². The molecule has 4 nitrogen and oxygen atoms in total. The van der Waals surface area contributed by atoms with E-state index >= 15 is 0 Å². The number of anilines is 1. The number of hydrogen-bond donors (Lipinski definition) is 3. The Labute approximate surface area is 101 Å². The van der Waals surface area contributed by atoms with Gasteiger partial charge < -0.3 is 16.8 Å². The van der Waals surface area contributed by atoms with Gasteiger partial charge in [-0.05, 0) is 43.0 Å². The summed E-state index contributed by atoms with van der Waals surface area (Å²) < 4.78 is 0. The number of hydrogen-bond acceptors (Lipinski definition) is 3. The minimum absolute atomic E-state index is 0.112. The van der Waals surface area contributed by atoms with E-state index in [0.717, 1.165) is 18.5 Å². The van der Waals surface area contributed by atoms with Crippen LogP contribution in [0, 0.1) is 0 Å². The van der Waals surface area contributed by atoms with E-state index < -0.39 is 0 Å². The number of amides is 1. The van der Waals surface area contributed by atoms with E-state index in [1.54, 1.807) is 0 Å². The highest BCUT2D eigenvalue weighted by molar-refractivity contribution is 5.74. The van der Waals surface area contributed by atoms with Gasteiger partial charge in [-0.3, -0.25) is 4.79 Å². The smallest absolute Gasteiger partial charge is 0.218 e. The Kier molecular flexibility index (Phi) is 3.33. The monoisotopic (exact) mass is 233 g/mol. The van der Waals surface area contributed by atoms with Gasteiger partial charge in [0.05, 0.1) is 0 Å². The van der Waals surface area contributed by atoms with Crippen LogP contribution >= 0.6 is 0 Å². The summed E-state index contributed by atoms with van der Waals surface area (Å²) in [5.41, 5.74) is 14.4. The lowest BCUT2D eigenvalue weighted by molar-refractivity contribution is -0.118. The first-order chi connectivity index (χ1) is 8.06. The third kappa shape index (κ3) is 2.77. The van der Waals surface area contributed by atoms with Gasteiger partial charge in [0.1, 0.15) is 0 Å². The van der Waals surface area contributed by atoms with Crippen molar-refractivity contribution in [1.82, 2.24) is 5.32 Å². The second-order valence-corrected chi connectivity index (χ2v) is 4.79. The fourth-order valence-electron chi connectivity index (χ4n) is 2.51. The molecule has 0 spiro atoms. The molecular weight excluding hydrogens is 214 g/mol. The fraction of sp³-hybridized carbons (Fsp3) is 0.462. The molecule has 1 aliphatic rings. The summed E-state index contributed by atoms with van der Waals surface area (Å²) in [7, 11) is 0. The van der Waals surface area contributed by atoms with Gasteiger partial charge in [-0.2, -0.15) is 0 Å². The third-order valence-electron chi connectivity index (χ3n) is 3.24. The molecule has 1 amide bonds. The number of nitrogen functional groups attached to an aromatic ring is 1. The molecule has 1 aliphatic carbocycles. The quantitative estimate of drug-likeness (QED) is 0.681. The summed E-state index contributed by atoms with van der Waals surface area (Å²) in [6, 6.07) is 6.47. The summed E-state index contributed by atoms with van der Waals surface area (Å²) >= 11 is 0. The van der Waals surface area contributed by atoms with Gasteiger partial charge in [0.15, 0.2) is 0 Å². The minimum Gasteiger partial charge on any atom is -0.399 e. The lowest BCUT2D eigenvalue weighted by Crippen LogP contribution is -2.33. The Bertz CT molecular complexity index is 431. The number of benzene rings is 1. The number of carbonyl (C=O) groups is 1. The molecule has 1 aromatic carbocycles. The summed E-state index contributed by atoms with van der Waals surface area (Å²) in [6.45, 7) is 1.99. The van der Waals surface area contributed by atoms with Crippen LogP contribution in [0.1, 0.15) is 36.9 Å². The van der Waals surface area contributed by atoms with Gasteiger partial charge in [0, 0.05) is 24.2 Å². The summed E-state index contributed by atoms with van der Waals surface area (Å²) in [5, 5.41) is 3.44. The highest BCUT2D eigenvalue weighted by atomic mass is 16.1. The van der Waals surface area contributed by atoms with Crippen LogP contribution in [0.25, 0.3) is 0 Å². The van der Waals surface area contributed by atoms with Crippen molar-refractivity contribution in [2.24, 2.45) is 5.73 Å². The Morgan fingerprint density at radius 1 is 1.59 bits per heavy atom. The first kappa shape index (κ1) is 11.9. The van der Waals surface area contributed by atoms with Gasteiger partial charge in [-0.25, -0.2) is 0 Å². The summed E-state index contributed by atoms with van der Waals surface area (Å²) in [5.74, 6) is -0.263. The number of aryl methyl sites for hydroxylation is 1. The molecule has 0 radical (unpaired) electrons. The van der Waals surface area contributed by atoms with Crippen molar-refractivity contribution in [3.05, 3.63) is 29.3 Å². The molecule has 0 saturated heterocycles. The molecule has 92 valence electrons. The Morgan fingerprint density at radius 2 is 2.35 bits per heavy atom. The Morgan fingerprint density at radius 3 is 3.06 bits per heavy atom. The standard InChI is InChI=1S/C13H19N3O/c1-8(6-13(15)17)16-12-5-2-9-7-10(14)3-4-11(9)12/h3-4,7-8,12,16H,2,5-6,14H2,1H3,(H2,15,17). The van der Waals surface area contributed by atoms with E-state index in [1.807, 2.05) is 19.1 Å². The van der Waals surface area contributed by atoms with E-state index in [2.05, 4.69) is 11.4 Å². The molecule has 0 heterocycles. The van der Waals surface area contributed by atoms with E-state index in [-0.39, 0.29) is 11.9 Å². The second kappa shape index (κ2) is 4.75. The zero-order valence-corrected chi connectivity index (χ0v) is 10.1. The number of fused-ring (bicyclic) bond motifs is 1. The average Bonchev–Trinajstić information content (AvgIpc) is 2.59. The van der Waals surface area contributed by atoms with Crippen LogP contribution in [0.5, 0.6) is 0 Å². The number of primary amides is 1. The number of nitrogens with one attached hydrogen (secondary N) is 1. The lowest BCUT2D eigenvalue weighted by Gasteiger charge is -2.19. The lowest BCUT2D eigenvalue weighted by atomic mass is 10.1. The zero-order valence-electron chi connectivity index (χ0n) is 10.1. The average molecular weight is 233 g/mol. The van der Waals surface area contributed by atoms with Crippen molar-refractivity contribution in [1.29, 1.82) is 0 Å². The van der Waals surface area contributed by atoms with Crippen molar-refractivity contribution in [3.8, 4) is 0 Å². The second-order valence-electron chi connectivity index (χ2n) is 4.79. The van der Waals surface area contributed by atoms with Crippen LogP contribution in [0.15, 0.2) is 18.2 Å². The van der Waals surface area contributed by atoms with Crippen LogP contribution < -0.4 is 16.8 Å². The van der Waals surface area contributed by atoms with E-state index in [0.29, 0.717) is 12.5 Å². The first-order valence-corrected chi connectivity index (χ1v) is 5.99. The van der Waals surface area contributed by atoms with Crippen molar-refractivity contribution in [2.45, 2.75) is 38.3 Å². The summed E-state index contributed by atoms with van der Waals surface area (Å²) in [6.07, 6.45) is 2.48. The molecule has 0 fully saturated rings. The fourth-order valence-corrected chi connectivity index (χ4v) is 2.51. The topological polar surface area (TPSA) is 81.1 Å². The van der Waals surface area contributed by atoms with Gasteiger partial charge in [0.2, 0.25) is 5.91 Å². The van der Waals surface area contributed by atoms with Gasteiger partial charge in [0.25, 0.3) is 0 Å². The minimum atomic E-state index is -0.263. The molecule has 2 unspecified atom stereocenters. The summed E-state index contributed by atoms with van der Waals surface area (Å²) in [4.78, 5) is 10.8. The zero-order chi connectivity index (χ0) is 12.4. The highest BCUT2D eigenvalue weighted by Crippen LogP contribution is 2.32. The first-order valence-electron chi connectivity index (χ1n) is 5.99. The maximum absolute atomic E-state index is 10.8. The molecule has 5 N–H and O–H groups in total. The molecule has 0 aliphatic heterocycles. The predicted molar refractivity (Wildman–Crippen MR) is 68.3 cm³/mol. The molecule has 4 heteroatoms. The van der Waals surface area contributed by atoms with Crippen LogP contribution in [-0.4, -0.2) is 11.9 Å². The van der Waals surface area contributed by atoms with E-state index in [4.69, 9.17) is 11.5 Å². The SMILES string of the molecule is CC(CC(N)=O)NC1CCc2cc(N)ccc21. The maximum atomic E-state index is 10.8. The molecule has 1 aromatic rings. The van der Waals surface area contributed by atoms with Crippen LogP contribution in [0.4, 0.5) is 5.69 Å². The number of nitrogens with two attached hydrogens (primary N) is 2. The molecular formula is C13H19N3O. The Balaban J connectivity index is 2.04. The molecule has 17 heavy (non-hydrogen) atoms. The molecule has 0 aromatic heterocycles. The van der Waals surface area contributed by atoms with Gasteiger partial charge >= 0.3 is 0 Å². The van der Waals surface area contributed by atoms with Crippen molar-refractivity contribution < 1.29 is 4.79 Å². The highest BCUT2D eigenvalue weighted by Gasteiger charge is 2.23. The molecule has 2 rings (SSSR count). The van der Waals surface area contributed by atoms with Crippen LogP contribution in [0.2, 0.25) is 0 Å². The van der Waals surface area contributed by atoms with Crippen LogP contribution in [0.3, 0.4) is 0 Å². The molecule has 0 bridgehead atoms. The molecule has 2 atom stereocenters. The van der Waals surface area contributed by atoms with Crippen molar-refractivity contribution in [2.75, 3.05) is 5.73 Å². The van der Waals surface area contributed by atoms with Gasteiger partial charge in [-0.1, -0.05) is 6.07 Å². The largest absolute Gasteiger partial charge is 0.399 e. The number of carbonyl (C=O) groups excluding carboxylic acids is 1. The molecule has 0 saturated carbocycles.